The predicted octanol–water partition coefficient (Wildman–Crippen LogP) is 2.01. The monoisotopic (exact) mass is 261 g/mol. The number of rotatable bonds is 4. The first-order valence-corrected chi connectivity index (χ1v) is 5.32. The SMILES string of the molecule is CC(O)(CC(=O)NCc1ccccc1)C(F)(F)F. The third-order valence-electron chi connectivity index (χ3n) is 2.45. The minimum atomic E-state index is -4.82. The molecule has 0 spiro atoms. The van der Waals surface area contributed by atoms with Crippen LogP contribution in [0, 0.1) is 0 Å². The molecule has 0 bridgehead atoms. The van der Waals surface area contributed by atoms with E-state index in [1.54, 1.807) is 30.3 Å². The summed E-state index contributed by atoms with van der Waals surface area (Å²) in [5, 5.41) is 11.5. The first-order valence-electron chi connectivity index (χ1n) is 5.32. The van der Waals surface area contributed by atoms with Gasteiger partial charge in [0.05, 0.1) is 6.42 Å². The minimum Gasteiger partial charge on any atom is -0.380 e. The third kappa shape index (κ3) is 4.03. The molecule has 0 saturated heterocycles. The van der Waals surface area contributed by atoms with Gasteiger partial charge in [0.25, 0.3) is 0 Å². The van der Waals surface area contributed by atoms with Crippen LogP contribution in [0.1, 0.15) is 18.9 Å². The van der Waals surface area contributed by atoms with Crippen LogP contribution in [0.25, 0.3) is 0 Å². The lowest BCUT2D eigenvalue weighted by atomic mass is 10.0. The van der Waals surface area contributed by atoms with Crippen LogP contribution in [0.5, 0.6) is 0 Å². The molecule has 18 heavy (non-hydrogen) atoms. The van der Waals surface area contributed by atoms with E-state index in [0.29, 0.717) is 6.92 Å². The van der Waals surface area contributed by atoms with E-state index < -0.39 is 24.1 Å². The van der Waals surface area contributed by atoms with Gasteiger partial charge >= 0.3 is 6.18 Å². The van der Waals surface area contributed by atoms with E-state index in [-0.39, 0.29) is 6.54 Å². The van der Waals surface area contributed by atoms with Crippen LogP contribution in [0.4, 0.5) is 13.2 Å². The summed E-state index contributed by atoms with van der Waals surface area (Å²) in [6.45, 7) is 0.711. The fraction of sp³-hybridized carbons (Fsp3) is 0.417. The summed E-state index contributed by atoms with van der Waals surface area (Å²) < 4.78 is 37.0. The van der Waals surface area contributed by atoms with Crippen LogP contribution >= 0.6 is 0 Å². The lowest BCUT2D eigenvalue weighted by Crippen LogP contribution is -2.46. The van der Waals surface area contributed by atoms with Crippen molar-refractivity contribution in [1.82, 2.24) is 5.32 Å². The smallest absolute Gasteiger partial charge is 0.380 e. The lowest BCUT2D eigenvalue weighted by Gasteiger charge is -2.25. The largest absolute Gasteiger partial charge is 0.417 e. The summed E-state index contributed by atoms with van der Waals surface area (Å²) in [5.41, 5.74) is -2.23. The second-order valence-corrected chi connectivity index (χ2v) is 4.21. The lowest BCUT2D eigenvalue weighted by molar-refractivity contribution is -0.253. The second kappa shape index (κ2) is 5.39. The van der Waals surface area contributed by atoms with E-state index >= 15 is 0 Å². The Morgan fingerprint density at radius 1 is 1.28 bits per heavy atom. The number of halogens is 3. The Kier molecular flexibility index (Phi) is 4.34. The van der Waals surface area contributed by atoms with Gasteiger partial charge in [0.1, 0.15) is 0 Å². The molecule has 0 heterocycles. The van der Waals surface area contributed by atoms with Crippen LogP contribution in [-0.2, 0) is 11.3 Å². The standard InChI is InChI=1S/C12H14F3NO2/c1-11(18,12(13,14)15)7-10(17)16-8-9-5-3-2-4-6-9/h2-6,18H,7-8H2,1H3,(H,16,17). The minimum absolute atomic E-state index is 0.133. The average Bonchev–Trinajstić information content (AvgIpc) is 2.26. The fourth-order valence-electron chi connectivity index (χ4n) is 1.27. The third-order valence-corrected chi connectivity index (χ3v) is 2.45. The van der Waals surface area contributed by atoms with Crippen molar-refractivity contribution >= 4 is 5.91 Å². The van der Waals surface area contributed by atoms with E-state index in [2.05, 4.69) is 5.32 Å². The molecule has 6 heteroatoms. The maximum atomic E-state index is 12.3. The molecule has 100 valence electrons. The number of hydrogen-bond acceptors (Lipinski definition) is 2. The van der Waals surface area contributed by atoms with Crippen LogP contribution in [0.2, 0.25) is 0 Å². The van der Waals surface area contributed by atoms with Crippen molar-refractivity contribution in [2.24, 2.45) is 0 Å². The number of hydrogen-bond donors (Lipinski definition) is 2. The molecule has 0 aliphatic carbocycles. The molecule has 0 radical (unpaired) electrons. The normalized spacial score (nSPS) is 14.9. The van der Waals surface area contributed by atoms with Gasteiger partial charge in [0.15, 0.2) is 5.60 Å². The van der Waals surface area contributed by atoms with Gasteiger partial charge in [-0.2, -0.15) is 13.2 Å². The zero-order valence-corrected chi connectivity index (χ0v) is 9.79. The quantitative estimate of drug-likeness (QED) is 0.871. The van der Waals surface area contributed by atoms with Gasteiger partial charge in [-0.1, -0.05) is 30.3 Å². The van der Waals surface area contributed by atoms with Crippen molar-refractivity contribution in [2.45, 2.75) is 31.7 Å². The molecule has 0 fully saturated rings. The van der Waals surface area contributed by atoms with E-state index in [4.69, 9.17) is 5.11 Å². The highest BCUT2D eigenvalue weighted by molar-refractivity contribution is 5.77. The molecule has 1 aromatic rings. The van der Waals surface area contributed by atoms with Crippen molar-refractivity contribution in [2.75, 3.05) is 0 Å². The first kappa shape index (κ1) is 14.5. The highest BCUT2D eigenvalue weighted by Crippen LogP contribution is 2.32. The molecule has 1 rings (SSSR count). The molecular formula is C12H14F3NO2. The summed E-state index contributed by atoms with van der Waals surface area (Å²) in [6, 6.07) is 8.78. The van der Waals surface area contributed by atoms with Gasteiger partial charge in [-0.15, -0.1) is 0 Å². The van der Waals surface area contributed by atoms with Gasteiger partial charge in [0, 0.05) is 6.54 Å². The van der Waals surface area contributed by atoms with E-state index in [9.17, 15) is 18.0 Å². The van der Waals surface area contributed by atoms with Crippen LogP contribution in [0.15, 0.2) is 30.3 Å². The van der Waals surface area contributed by atoms with Gasteiger partial charge < -0.3 is 10.4 Å². The van der Waals surface area contributed by atoms with Crippen LogP contribution < -0.4 is 5.32 Å². The number of nitrogens with one attached hydrogen (secondary N) is 1. The first-order chi connectivity index (χ1) is 8.22. The average molecular weight is 261 g/mol. The highest BCUT2D eigenvalue weighted by atomic mass is 19.4. The molecular weight excluding hydrogens is 247 g/mol. The van der Waals surface area contributed by atoms with Gasteiger partial charge in [-0.25, -0.2) is 0 Å². The highest BCUT2D eigenvalue weighted by Gasteiger charge is 2.50. The maximum absolute atomic E-state index is 12.3. The van der Waals surface area contributed by atoms with Gasteiger partial charge in [-0.05, 0) is 12.5 Å². The number of aliphatic hydroxyl groups is 1. The van der Waals surface area contributed by atoms with Crippen LogP contribution in [-0.4, -0.2) is 22.8 Å². The van der Waals surface area contributed by atoms with Crippen molar-refractivity contribution in [1.29, 1.82) is 0 Å². The molecule has 0 saturated carbocycles. The summed E-state index contributed by atoms with van der Waals surface area (Å²) >= 11 is 0. The molecule has 3 nitrogen and oxygen atoms in total. The Hall–Kier alpha value is -1.56. The Labute approximate surface area is 103 Å². The van der Waals surface area contributed by atoms with Gasteiger partial charge in [-0.3, -0.25) is 4.79 Å². The molecule has 0 aromatic heterocycles. The Morgan fingerprint density at radius 2 is 1.83 bits per heavy atom. The van der Waals surface area contributed by atoms with Gasteiger partial charge in [0.2, 0.25) is 5.91 Å². The fourth-order valence-corrected chi connectivity index (χ4v) is 1.27. The molecule has 0 aliphatic heterocycles. The van der Waals surface area contributed by atoms with Crippen LogP contribution in [0.3, 0.4) is 0 Å². The Morgan fingerprint density at radius 3 is 2.33 bits per heavy atom. The zero-order chi connectivity index (χ0) is 13.8. The predicted molar refractivity (Wildman–Crippen MR) is 59.6 cm³/mol. The molecule has 1 amide bonds. The Bertz CT molecular complexity index is 402. The molecule has 2 N–H and O–H groups in total. The molecule has 1 aromatic carbocycles. The van der Waals surface area contributed by atoms with Crippen molar-refractivity contribution < 1.29 is 23.1 Å². The van der Waals surface area contributed by atoms with Crippen molar-refractivity contribution in [3.8, 4) is 0 Å². The zero-order valence-electron chi connectivity index (χ0n) is 9.79. The van der Waals surface area contributed by atoms with Crippen molar-refractivity contribution in [3.05, 3.63) is 35.9 Å². The van der Waals surface area contributed by atoms with E-state index in [1.807, 2.05) is 0 Å². The number of amides is 1. The summed E-state index contributed by atoms with van der Waals surface area (Å²) in [5.74, 6) is -0.846. The number of alkyl halides is 3. The van der Waals surface area contributed by atoms with E-state index in [1.165, 1.54) is 0 Å². The second-order valence-electron chi connectivity index (χ2n) is 4.21. The molecule has 0 aliphatic rings. The molecule has 1 atom stereocenters. The summed E-state index contributed by atoms with van der Waals surface area (Å²) in [4.78, 5) is 11.3. The van der Waals surface area contributed by atoms with Crippen molar-refractivity contribution in [3.63, 3.8) is 0 Å². The van der Waals surface area contributed by atoms with E-state index in [0.717, 1.165) is 5.56 Å². The summed E-state index contributed by atoms with van der Waals surface area (Å²) in [6.07, 6.45) is -5.83. The number of benzene rings is 1. The topological polar surface area (TPSA) is 49.3 Å². The Balaban J connectivity index is 2.48. The number of carbonyl (C=O) groups is 1. The number of carbonyl (C=O) groups excluding carboxylic acids is 1. The summed E-state index contributed by atoms with van der Waals surface area (Å²) in [7, 11) is 0. The maximum Gasteiger partial charge on any atom is 0.417 e. The molecule has 1 unspecified atom stereocenters.